The maximum absolute atomic E-state index is 11.9. The van der Waals surface area contributed by atoms with Crippen molar-refractivity contribution in [1.29, 1.82) is 0 Å². The molecule has 0 saturated heterocycles. The number of carbonyl (C=O) groups is 1. The van der Waals surface area contributed by atoms with E-state index in [1.165, 1.54) is 0 Å². The Bertz CT molecular complexity index is 856. The van der Waals surface area contributed by atoms with E-state index >= 15 is 0 Å². The van der Waals surface area contributed by atoms with Crippen molar-refractivity contribution in [1.82, 2.24) is 19.5 Å². The quantitative estimate of drug-likeness (QED) is 0.351. The SMILES string of the molecule is C=C1[C@H](CC(=O)OOCCC)CC[C@@H]1n1cnc2c(=O)[nH]c(N)nc21. The molecule has 0 aromatic carbocycles. The predicted molar refractivity (Wildman–Crippen MR) is 90.4 cm³/mol. The molecule has 3 N–H and O–H groups in total. The lowest BCUT2D eigenvalue weighted by molar-refractivity contribution is -0.272. The molecule has 0 unspecified atom stereocenters. The van der Waals surface area contributed by atoms with E-state index in [4.69, 9.17) is 15.5 Å². The number of nitrogens with zero attached hydrogens (tertiary/aromatic N) is 3. The summed E-state index contributed by atoms with van der Waals surface area (Å²) in [4.78, 5) is 44.0. The molecule has 134 valence electrons. The minimum Gasteiger partial charge on any atom is -0.369 e. The molecule has 0 aliphatic heterocycles. The Kier molecular flexibility index (Phi) is 4.84. The van der Waals surface area contributed by atoms with Crippen LogP contribution in [0.3, 0.4) is 0 Å². The van der Waals surface area contributed by atoms with Crippen LogP contribution in [0.25, 0.3) is 11.2 Å². The molecule has 1 aliphatic rings. The third-order valence-corrected chi connectivity index (χ3v) is 4.38. The lowest BCUT2D eigenvalue weighted by Gasteiger charge is -2.16. The molecule has 3 rings (SSSR count). The average Bonchev–Trinajstić information content (AvgIpc) is 3.12. The van der Waals surface area contributed by atoms with Crippen LogP contribution in [0.1, 0.15) is 38.6 Å². The summed E-state index contributed by atoms with van der Waals surface area (Å²) >= 11 is 0. The Morgan fingerprint density at radius 2 is 2.32 bits per heavy atom. The van der Waals surface area contributed by atoms with Crippen molar-refractivity contribution in [3.8, 4) is 0 Å². The highest BCUT2D eigenvalue weighted by atomic mass is 17.2. The number of hydrogen-bond acceptors (Lipinski definition) is 7. The smallest absolute Gasteiger partial charge is 0.342 e. The van der Waals surface area contributed by atoms with Crippen LogP contribution >= 0.6 is 0 Å². The van der Waals surface area contributed by atoms with E-state index in [1.54, 1.807) is 10.9 Å². The van der Waals surface area contributed by atoms with Gasteiger partial charge in [-0.2, -0.15) is 9.87 Å². The van der Waals surface area contributed by atoms with E-state index in [-0.39, 0.29) is 35.4 Å². The topological polar surface area (TPSA) is 125 Å². The zero-order valence-corrected chi connectivity index (χ0v) is 14.0. The molecule has 9 heteroatoms. The Morgan fingerprint density at radius 1 is 1.52 bits per heavy atom. The van der Waals surface area contributed by atoms with E-state index in [0.717, 1.165) is 24.8 Å². The Hall–Kier alpha value is -2.68. The maximum atomic E-state index is 11.9. The predicted octanol–water partition coefficient (Wildman–Crippen LogP) is 1.48. The highest BCUT2D eigenvalue weighted by molar-refractivity contribution is 5.71. The molecule has 25 heavy (non-hydrogen) atoms. The number of rotatable bonds is 6. The standard InChI is InChI=1S/C16H21N5O4/c1-3-6-24-25-12(22)7-10-4-5-11(9(10)2)21-8-18-13-14(21)19-16(17)20-15(13)23/h8,10-11H,2-7H2,1H3,(H3,17,19,20,23)/t10-,11-/m0/s1. The number of fused-ring (bicyclic) bond motifs is 1. The first kappa shape index (κ1) is 17.2. The first-order valence-electron chi connectivity index (χ1n) is 8.24. The summed E-state index contributed by atoms with van der Waals surface area (Å²) < 4.78 is 1.79. The lowest BCUT2D eigenvalue weighted by Crippen LogP contribution is -2.15. The molecule has 2 aromatic heterocycles. The summed E-state index contributed by atoms with van der Waals surface area (Å²) in [7, 11) is 0. The lowest BCUT2D eigenvalue weighted by atomic mass is 9.99. The summed E-state index contributed by atoms with van der Waals surface area (Å²) in [6.45, 7) is 6.44. The second-order valence-corrected chi connectivity index (χ2v) is 6.12. The van der Waals surface area contributed by atoms with Gasteiger partial charge in [-0.15, -0.1) is 0 Å². The van der Waals surface area contributed by atoms with Gasteiger partial charge in [-0.1, -0.05) is 19.1 Å². The number of anilines is 1. The van der Waals surface area contributed by atoms with Gasteiger partial charge in [0.05, 0.1) is 25.4 Å². The molecule has 2 heterocycles. The van der Waals surface area contributed by atoms with E-state index in [1.807, 2.05) is 6.92 Å². The van der Waals surface area contributed by atoms with E-state index in [0.29, 0.717) is 12.3 Å². The Labute approximate surface area is 143 Å². The van der Waals surface area contributed by atoms with E-state index < -0.39 is 5.97 Å². The van der Waals surface area contributed by atoms with Crippen LogP contribution in [0.2, 0.25) is 0 Å². The number of nitrogens with one attached hydrogen (secondary N) is 1. The van der Waals surface area contributed by atoms with Crippen LogP contribution in [0.4, 0.5) is 5.95 Å². The van der Waals surface area contributed by atoms with Gasteiger partial charge in [0.25, 0.3) is 5.56 Å². The van der Waals surface area contributed by atoms with Gasteiger partial charge in [0.2, 0.25) is 5.95 Å². The molecule has 2 aromatic rings. The normalized spacial score (nSPS) is 20.3. The second kappa shape index (κ2) is 7.06. The molecule has 0 radical (unpaired) electrons. The maximum Gasteiger partial charge on any atom is 0.342 e. The van der Waals surface area contributed by atoms with Gasteiger partial charge in [0, 0.05) is 0 Å². The number of H-pyrrole nitrogens is 1. The molecule has 1 aliphatic carbocycles. The largest absolute Gasteiger partial charge is 0.369 e. The van der Waals surface area contributed by atoms with Crippen LogP contribution in [-0.2, 0) is 14.6 Å². The van der Waals surface area contributed by atoms with Gasteiger partial charge in [-0.05, 0) is 25.2 Å². The minimum atomic E-state index is -0.408. The van der Waals surface area contributed by atoms with E-state index in [2.05, 4.69) is 21.5 Å². The molecule has 2 atom stereocenters. The number of hydrogen-bond donors (Lipinski definition) is 2. The summed E-state index contributed by atoms with van der Waals surface area (Å²) in [6.07, 6.45) is 4.10. The molecule has 1 fully saturated rings. The minimum absolute atomic E-state index is 0.0143. The monoisotopic (exact) mass is 347 g/mol. The number of carbonyl (C=O) groups excluding carboxylic acids is 1. The number of aromatic amines is 1. The number of aromatic nitrogens is 4. The van der Waals surface area contributed by atoms with Crippen LogP contribution < -0.4 is 11.3 Å². The third-order valence-electron chi connectivity index (χ3n) is 4.38. The van der Waals surface area contributed by atoms with Crippen LogP contribution in [0.15, 0.2) is 23.3 Å². The Morgan fingerprint density at radius 3 is 3.08 bits per heavy atom. The van der Waals surface area contributed by atoms with Crippen LogP contribution in [0, 0.1) is 5.92 Å². The zero-order valence-electron chi connectivity index (χ0n) is 14.0. The number of allylic oxidation sites excluding steroid dienone is 1. The average molecular weight is 347 g/mol. The molecule has 1 saturated carbocycles. The molecule has 0 spiro atoms. The highest BCUT2D eigenvalue weighted by Gasteiger charge is 2.33. The molecular weight excluding hydrogens is 326 g/mol. The van der Waals surface area contributed by atoms with Gasteiger partial charge in [0.1, 0.15) is 0 Å². The van der Waals surface area contributed by atoms with Crippen molar-refractivity contribution >= 4 is 23.1 Å². The fourth-order valence-corrected chi connectivity index (χ4v) is 3.15. The third kappa shape index (κ3) is 3.41. The van der Waals surface area contributed by atoms with Gasteiger partial charge < -0.3 is 10.3 Å². The zero-order chi connectivity index (χ0) is 18.0. The van der Waals surface area contributed by atoms with Gasteiger partial charge >= 0.3 is 5.97 Å². The van der Waals surface area contributed by atoms with Crippen LogP contribution in [0.5, 0.6) is 0 Å². The van der Waals surface area contributed by atoms with Gasteiger partial charge in [0.15, 0.2) is 11.2 Å². The second-order valence-electron chi connectivity index (χ2n) is 6.12. The highest BCUT2D eigenvalue weighted by Crippen LogP contribution is 2.41. The number of imidazole rings is 1. The number of nitrogens with two attached hydrogens (primary N) is 1. The van der Waals surface area contributed by atoms with Crippen molar-refractivity contribution in [2.24, 2.45) is 5.92 Å². The van der Waals surface area contributed by atoms with Crippen molar-refractivity contribution in [2.75, 3.05) is 12.3 Å². The summed E-state index contributed by atoms with van der Waals surface area (Å²) in [5.41, 5.74) is 6.79. The molecule has 9 nitrogen and oxygen atoms in total. The van der Waals surface area contributed by atoms with Crippen molar-refractivity contribution in [3.05, 3.63) is 28.8 Å². The molecular formula is C16H21N5O4. The Balaban J connectivity index is 1.74. The first-order chi connectivity index (χ1) is 12.0. The first-order valence-corrected chi connectivity index (χ1v) is 8.24. The van der Waals surface area contributed by atoms with Crippen molar-refractivity contribution in [3.63, 3.8) is 0 Å². The summed E-state index contributed by atoms with van der Waals surface area (Å²) in [5, 5.41) is 0. The molecule has 0 amide bonds. The fraction of sp³-hybridized carbons (Fsp3) is 0.500. The number of nitrogen functional groups attached to an aromatic ring is 1. The van der Waals surface area contributed by atoms with Crippen molar-refractivity contribution < 1.29 is 14.6 Å². The summed E-state index contributed by atoms with van der Waals surface area (Å²) in [6, 6.07) is -0.0898. The van der Waals surface area contributed by atoms with Crippen LogP contribution in [-0.4, -0.2) is 32.1 Å². The van der Waals surface area contributed by atoms with Gasteiger partial charge in [-0.3, -0.25) is 14.7 Å². The fourth-order valence-electron chi connectivity index (χ4n) is 3.15. The summed E-state index contributed by atoms with van der Waals surface area (Å²) in [5.74, 6) is -0.384. The van der Waals surface area contributed by atoms with Gasteiger partial charge in [-0.25, -0.2) is 9.78 Å². The van der Waals surface area contributed by atoms with Crippen molar-refractivity contribution in [2.45, 2.75) is 38.6 Å². The molecule has 0 bridgehead atoms. The van der Waals surface area contributed by atoms with E-state index in [9.17, 15) is 9.59 Å².